The van der Waals surface area contributed by atoms with Crippen molar-refractivity contribution in [3.8, 4) is 0 Å². The van der Waals surface area contributed by atoms with E-state index >= 15 is 0 Å². The largest absolute Gasteiger partial charge is 0.330 e. The molecule has 3 heteroatoms. The summed E-state index contributed by atoms with van der Waals surface area (Å²) in [5.74, 6) is 2.66. The summed E-state index contributed by atoms with van der Waals surface area (Å²) in [5, 5.41) is 7.09. The molecule has 4 atom stereocenters. The summed E-state index contributed by atoms with van der Waals surface area (Å²) in [7, 11) is 0. The summed E-state index contributed by atoms with van der Waals surface area (Å²) >= 11 is 0. The molecule has 2 N–H and O–H groups in total. The summed E-state index contributed by atoms with van der Waals surface area (Å²) in [4.78, 5) is 11.7. The maximum atomic E-state index is 11.7. The zero-order valence-corrected chi connectivity index (χ0v) is 11.8. The van der Waals surface area contributed by atoms with Gasteiger partial charge in [0.25, 0.3) is 0 Å². The van der Waals surface area contributed by atoms with Crippen LogP contribution in [0.4, 0.5) is 0 Å². The average molecular weight is 260 g/mol. The average Bonchev–Trinajstić information content (AvgIpc) is 2.37. The van der Waals surface area contributed by atoms with Crippen LogP contribution in [0.3, 0.4) is 0 Å². The first-order chi connectivity index (χ1) is 9.19. The van der Waals surface area contributed by atoms with Gasteiger partial charge in [-0.2, -0.15) is 0 Å². The van der Waals surface area contributed by atoms with E-state index in [-0.39, 0.29) is 11.4 Å². The van der Waals surface area contributed by atoms with Crippen LogP contribution >= 0.6 is 0 Å². The Morgan fingerprint density at radius 2 is 2.21 bits per heavy atom. The van der Waals surface area contributed by atoms with Crippen LogP contribution in [0.25, 0.3) is 0 Å². The molecular formula is C16H24N2O. The molecule has 4 aliphatic rings. The van der Waals surface area contributed by atoms with Gasteiger partial charge in [0.1, 0.15) is 0 Å². The van der Waals surface area contributed by atoms with E-state index in [1.807, 2.05) is 0 Å². The highest BCUT2D eigenvalue weighted by Gasteiger charge is 2.54. The predicted octanol–water partition coefficient (Wildman–Crippen LogP) is 2.34. The number of hydrogen-bond acceptors (Lipinski definition) is 2. The van der Waals surface area contributed by atoms with Crippen LogP contribution in [0.15, 0.2) is 11.3 Å². The van der Waals surface area contributed by atoms with Gasteiger partial charge in [-0.3, -0.25) is 4.79 Å². The predicted molar refractivity (Wildman–Crippen MR) is 74.4 cm³/mol. The summed E-state index contributed by atoms with van der Waals surface area (Å²) in [5.41, 5.74) is 3.10. The van der Waals surface area contributed by atoms with E-state index in [4.69, 9.17) is 0 Å². The molecule has 3 nitrogen and oxygen atoms in total. The lowest BCUT2D eigenvalue weighted by Crippen LogP contribution is -2.64. The van der Waals surface area contributed by atoms with E-state index in [9.17, 15) is 4.79 Å². The second-order valence-electron chi connectivity index (χ2n) is 7.16. The second kappa shape index (κ2) is 4.08. The Labute approximate surface area is 115 Å². The van der Waals surface area contributed by atoms with Crippen LogP contribution in [-0.2, 0) is 4.79 Å². The van der Waals surface area contributed by atoms with Crippen molar-refractivity contribution in [2.75, 3.05) is 6.54 Å². The standard InChI is InChI=1S/C16H24N2O/c1-10-7-11-8-14-13(4-5-15(19)18-14)16(9-10)12(11)3-2-6-17-16/h10-12,17H,2-9H2,1H3,(H,18,19)/t10-,11+,12-,16?/m1/s1. The van der Waals surface area contributed by atoms with E-state index in [1.54, 1.807) is 5.57 Å². The Balaban J connectivity index is 1.81. The Bertz CT molecular complexity index is 456. The fourth-order valence-corrected chi connectivity index (χ4v) is 5.49. The lowest BCUT2D eigenvalue weighted by atomic mass is 9.53. The van der Waals surface area contributed by atoms with E-state index in [0.29, 0.717) is 6.42 Å². The fraction of sp³-hybridized carbons (Fsp3) is 0.812. The molecule has 0 aromatic heterocycles. The Morgan fingerprint density at radius 1 is 1.32 bits per heavy atom. The van der Waals surface area contributed by atoms with Crippen LogP contribution < -0.4 is 10.6 Å². The van der Waals surface area contributed by atoms with Gasteiger partial charge in [0.15, 0.2) is 0 Å². The zero-order valence-electron chi connectivity index (χ0n) is 11.8. The van der Waals surface area contributed by atoms with Crippen molar-refractivity contribution < 1.29 is 4.79 Å². The minimum absolute atomic E-state index is 0.232. The first-order valence-electron chi connectivity index (χ1n) is 7.96. The topological polar surface area (TPSA) is 41.1 Å². The SMILES string of the molecule is C[C@@H]1C[C@H]2CC3=C(CCC(=O)N3)C3(C1)NCCC[C@H]23. The van der Waals surface area contributed by atoms with Crippen molar-refractivity contribution in [3.63, 3.8) is 0 Å². The maximum absolute atomic E-state index is 11.7. The van der Waals surface area contributed by atoms with Gasteiger partial charge >= 0.3 is 0 Å². The number of allylic oxidation sites excluding steroid dienone is 1. The molecule has 1 unspecified atom stereocenters. The van der Waals surface area contributed by atoms with Gasteiger partial charge in [-0.05, 0) is 68.4 Å². The maximum Gasteiger partial charge on any atom is 0.224 e. The number of nitrogens with one attached hydrogen (secondary N) is 2. The molecule has 2 heterocycles. The van der Waals surface area contributed by atoms with Gasteiger partial charge < -0.3 is 10.6 Å². The molecule has 2 fully saturated rings. The Hall–Kier alpha value is -0.830. The fourth-order valence-electron chi connectivity index (χ4n) is 5.49. The molecule has 0 radical (unpaired) electrons. The molecule has 2 aliphatic carbocycles. The smallest absolute Gasteiger partial charge is 0.224 e. The summed E-state index contributed by atoms with van der Waals surface area (Å²) in [6.07, 6.45) is 8.14. The summed E-state index contributed by atoms with van der Waals surface area (Å²) in [6.45, 7) is 3.56. The number of rotatable bonds is 0. The minimum Gasteiger partial charge on any atom is -0.330 e. The van der Waals surface area contributed by atoms with Crippen molar-refractivity contribution >= 4 is 5.91 Å². The molecule has 104 valence electrons. The third kappa shape index (κ3) is 1.63. The van der Waals surface area contributed by atoms with Crippen molar-refractivity contribution in [2.24, 2.45) is 17.8 Å². The Kier molecular flexibility index (Phi) is 2.57. The van der Waals surface area contributed by atoms with Crippen molar-refractivity contribution in [2.45, 2.75) is 57.4 Å². The third-order valence-corrected chi connectivity index (χ3v) is 5.97. The monoisotopic (exact) mass is 260 g/mol. The molecule has 0 aromatic carbocycles. The molecule has 1 saturated heterocycles. The lowest BCUT2D eigenvalue weighted by Gasteiger charge is -2.59. The molecule has 4 rings (SSSR count). The highest BCUT2D eigenvalue weighted by atomic mass is 16.1. The van der Waals surface area contributed by atoms with Crippen LogP contribution in [0.1, 0.15) is 51.9 Å². The zero-order chi connectivity index (χ0) is 13.0. The van der Waals surface area contributed by atoms with E-state index in [0.717, 1.165) is 37.1 Å². The van der Waals surface area contributed by atoms with Crippen LogP contribution in [0, 0.1) is 17.8 Å². The van der Waals surface area contributed by atoms with Gasteiger partial charge in [-0.25, -0.2) is 0 Å². The Morgan fingerprint density at radius 3 is 3.11 bits per heavy atom. The summed E-state index contributed by atoms with van der Waals surface area (Å²) < 4.78 is 0. The highest BCUT2D eigenvalue weighted by Crippen LogP contribution is 2.55. The molecule has 1 saturated carbocycles. The number of piperidine rings is 1. The number of carbonyl (C=O) groups excluding carboxylic acids is 1. The van der Waals surface area contributed by atoms with Crippen molar-refractivity contribution in [3.05, 3.63) is 11.3 Å². The van der Waals surface area contributed by atoms with Crippen LogP contribution in [0.5, 0.6) is 0 Å². The molecule has 0 spiro atoms. The van der Waals surface area contributed by atoms with Crippen LogP contribution in [0.2, 0.25) is 0 Å². The lowest BCUT2D eigenvalue weighted by molar-refractivity contribution is -0.121. The molecule has 19 heavy (non-hydrogen) atoms. The van der Waals surface area contributed by atoms with E-state index in [2.05, 4.69) is 17.6 Å². The van der Waals surface area contributed by atoms with E-state index in [1.165, 1.54) is 31.4 Å². The number of carbonyl (C=O) groups is 1. The molecule has 0 aromatic rings. The summed E-state index contributed by atoms with van der Waals surface area (Å²) in [6, 6.07) is 0. The van der Waals surface area contributed by atoms with E-state index < -0.39 is 0 Å². The minimum atomic E-state index is 0.232. The number of amides is 1. The van der Waals surface area contributed by atoms with Crippen molar-refractivity contribution in [1.82, 2.24) is 10.6 Å². The molecular weight excluding hydrogens is 236 g/mol. The van der Waals surface area contributed by atoms with Gasteiger partial charge in [0, 0.05) is 17.7 Å². The molecule has 1 amide bonds. The third-order valence-electron chi connectivity index (χ3n) is 5.97. The molecule has 2 aliphatic heterocycles. The second-order valence-corrected chi connectivity index (χ2v) is 7.16. The van der Waals surface area contributed by atoms with Gasteiger partial charge in [-0.1, -0.05) is 6.92 Å². The van der Waals surface area contributed by atoms with Gasteiger partial charge in [-0.15, -0.1) is 0 Å². The van der Waals surface area contributed by atoms with Crippen molar-refractivity contribution in [1.29, 1.82) is 0 Å². The highest BCUT2D eigenvalue weighted by molar-refractivity contribution is 5.80. The normalized spacial score (nSPS) is 45.3. The van der Waals surface area contributed by atoms with Crippen LogP contribution in [-0.4, -0.2) is 18.0 Å². The molecule has 2 bridgehead atoms. The first-order valence-corrected chi connectivity index (χ1v) is 7.96. The quantitative estimate of drug-likeness (QED) is 0.702. The first kappa shape index (κ1) is 12.0. The van der Waals surface area contributed by atoms with Gasteiger partial charge in [0.2, 0.25) is 5.91 Å². The van der Waals surface area contributed by atoms with Gasteiger partial charge in [0.05, 0.1) is 0 Å². The number of hydrogen-bond donors (Lipinski definition) is 2.